The Morgan fingerprint density at radius 2 is 1.34 bits per heavy atom. The van der Waals surface area contributed by atoms with Gasteiger partial charge >= 0.3 is 0 Å². The van der Waals surface area contributed by atoms with E-state index < -0.39 is 52.7 Å². The molecule has 0 unspecified atom stereocenters. The van der Waals surface area contributed by atoms with Crippen molar-refractivity contribution in [3.63, 3.8) is 0 Å². The molecule has 4 nitrogen and oxygen atoms in total. The third kappa shape index (κ3) is 3.90. The molecule has 0 N–H and O–H groups in total. The molecule has 0 saturated carbocycles. The second kappa shape index (κ2) is 10.1. The standard InChI is InChI=1S/C42H35N3OSi/c1-26-24-25-30(28(3)40(26)31-15-13-23-39-41(31)46-37-21-10-11-22-38(37)47(39,4)5)29-14-12-20-33(27(29)2)44-35-18-8-9-19-36(35)45-34-17-7-6-16-32(34)43-42(44)45/h6-25H,1-5H3/i1D3,2D3,3D3,4D3,5D3. The Morgan fingerprint density at radius 3 is 2.19 bits per heavy atom. The fourth-order valence-corrected chi connectivity index (χ4v) is 8.92. The number of hydrogen-bond donors (Lipinski definition) is 0. The van der Waals surface area contributed by atoms with Crippen molar-refractivity contribution in [2.75, 3.05) is 0 Å². The van der Waals surface area contributed by atoms with Crippen LogP contribution >= 0.6 is 0 Å². The van der Waals surface area contributed by atoms with Crippen LogP contribution in [0.5, 0.6) is 11.5 Å². The largest absolute Gasteiger partial charge is 0.457 e. The summed E-state index contributed by atoms with van der Waals surface area (Å²) >= 11 is 0. The number of imidazole rings is 2. The molecule has 0 atom stereocenters. The lowest BCUT2D eigenvalue weighted by molar-refractivity contribution is 0.488. The highest BCUT2D eigenvalue weighted by Crippen LogP contribution is 2.43. The van der Waals surface area contributed by atoms with Crippen LogP contribution in [0.4, 0.5) is 0 Å². The molecule has 0 radical (unpaired) electrons. The fraction of sp³-hybridized carbons (Fsp3) is 0.119. The smallest absolute Gasteiger partial charge is 0.220 e. The van der Waals surface area contributed by atoms with Crippen molar-refractivity contribution in [1.29, 1.82) is 0 Å². The molecule has 0 fully saturated rings. The third-order valence-corrected chi connectivity index (χ3v) is 11.5. The summed E-state index contributed by atoms with van der Waals surface area (Å²) in [5.41, 5.74) is 0.979. The van der Waals surface area contributed by atoms with E-state index in [1.165, 1.54) is 54.6 Å². The number of ether oxygens (including phenoxy) is 1. The SMILES string of the molecule is [2H]C([2H])([2H])c1ccc(-c2cccc(-n3c4ccccc4n4c5ccccc5nc34)c2C([2H])([2H])[2H])c(C([2H])([2H])[2H])c1-c1cccc2c1Oc1ccccc1[Si]2(C([2H])([2H])[2H])C([2H])([2H])[2H]. The molecule has 0 saturated heterocycles. The first kappa shape index (κ1) is 16.4. The quantitative estimate of drug-likeness (QED) is 0.180. The van der Waals surface area contributed by atoms with Gasteiger partial charge in [-0.15, -0.1) is 0 Å². The predicted molar refractivity (Wildman–Crippen MR) is 198 cm³/mol. The van der Waals surface area contributed by atoms with Gasteiger partial charge in [0.25, 0.3) is 0 Å². The van der Waals surface area contributed by atoms with Gasteiger partial charge < -0.3 is 4.74 Å². The zero-order chi connectivity index (χ0) is 44.5. The van der Waals surface area contributed by atoms with E-state index in [2.05, 4.69) is 0 Å². The first-order valence-electron chi connectivity index (χ1n) is 22.6. The molecule has 6 aromatic carbocycles. The second-order valence-corrected chi connectivity index (χ2v) is 14.3. The van der Waals surface area contributed by atoms with Gasteiger partial charge in [-0.3, -0.25) is 8.97 Å². The number of nitrogens with zero attached hydrogens (tertiary/aromatic N) is 3. The summed E-state index contributed by atoms with van der Waals surface area (Å²) in [4.78, 5) is 4.91. The van der Waals surface area contributed by atoms with Crippen molar-refractivity contribution in [1.82, 2.24) is 14.0 Å². The maximum Gasteiger partial charge on any atom is 0.220 e. The lowest BCUT2D eigenvalue weighted by Crippen LogP contribution is -2.56. The average molecular weight is 641 g/mol. The van der Waals surface area contributed by atoms with Gasteiger partial charge in [0, 0.05) is 26.1 Å². The molecule has 47 heavy (non-hydrogen) atoms. The molecular weight excluding hydrogens is 591 g/mol. The molecule has 0 bridgehead atoms. The van der Waals surface area contributed by atoms with Gasteiger partial charge in [0.1, 0.15) is 19.6 Å². The topological polar surface area (TPSA) is 31.5 Å². The van der Waals surface area contributed by atoms with Crippen LogP contribution in [0, 0.1) is 20.6 Å². The van der Waals surface area contributed by atoms with Crippen LogP contribution in [-0.2, 0) is 0 Å². The van der Waals surface area contributed by atoms with Crippen LogP contribution in [0.1, 0.15) is 37.3 Å². The van der Waals surface area contributed by atoms with Crippen LogP contribution in [0.15, 0.2) is 121 Å². The maximum absolute atomic E-state index is 9.06. The average Bonchev–Trinajstić information content (AvgIpc) is 3.71. The van der Waals surface area contributed by atoms with Crippen LogP contribution in [0.25, 0.3) is 55.8 Å². The minimum Gasteiger partial charge on any atom is -0.457 e. The summed E-state index contributed by atoms with van der Waals surface area (Å²) in [7, 11) is -4.92. The van der Waals surface area contributed by atoms with Crippen molar-refractivity contribution < 1.29 is 25.3 Å². The summed E-state index contributed by atoms with van der Waals surface area (Å²) in [6, 6.07) is 32.0. The molecule has 1 aliphatic heterocycles. The van der Waals surface area contributed by atoms with Gasteiger partial charge in [-0.1, -0.05) is 97.9 Å². The highest BCUT2D eigenvalue weighted by molar-refractivity contribution is 7.01. The number of hydrogen-bond acceptors (Lipinski definition) is 2. The van der Waals surface area contributed by atoms with Gasteiger partial charge in [-0.2, -0.15) is 0 Å². The van der Waals surface area contributed by atoms with E-state index in [-0.39, 0.29) is 55.4 Å². The number of para-hydroxylation sites is 6. The Labute approximate surface area is 296 Å². The van der Waals surface area contributed by atoms with Gasteiger partial charge in [-0.25, -0.2) is 4.98 Å². The molecule has 228 valence electrons. The first-order valence-corrected chi connectivity index (χ1v) is 17.1. The van der Waals surface area contributed by atoms with E-state index >= 15 is 0 Å². The molecule has 3 heterocycles. The molecule has 0 spiro atoms. The monoisotopic (exact) mass is 640 g/mol. The van der Waals surface area contributed by atoms with Gasteiger partial charge in [0.05, 0.1) is 27.8 Å². The predicted octanol–water partition coefficient (Wildman–Crippen LogP) is 9.62. The highest BCUT2D eigenvalue weighted by Gasteiger charge is 2.37. The van der Waals surface area contributed by atoms with Crippen molar-refractivity contribution in [3.8, 4) is 39.4 Å². The molecule has 2 aromatic heterocycles. The first-order chi connectivity index (χ1) is 29.0. The summed E-state index contributed by atoms with van der Waals surface area (Å²) in [6.45, 7) is -15.2. The van der Waals surface area contributed by atoms with E-state index in [0.29, 0.717) is 16.8 Å². The molecule has 0 aliphatic carbocycles. The number of rotatable bonds is 3. The summed E-state index contributed by atoms with van der Waals surface area (Å²) in [6.07, 6.45) is 0. The van der Waals surface area contributed by atoms with Crippen LogP contribution in [0.2, 0.25) is 13.0 Å². The summed E-state index contributed by atoms with van der Waals surface area (Å²) < 4.78 is 143. The zero-order valence-corrected chi connectivity index (χ0v) is 25.8. The van der Waals surface area contributed by atoms with E-state index in [4.69, 9.17) is 30.3 Å². The van der Waals surface area contributed by atoms with E-state index in [9.17, 15) is 0 Å². The maximum atomic E-state index is 9.06. The zero-order valence-electron chi connectivity index (χ0n) is 39.8. The molecule has 9 rings (SSSR count). The number of aromatic nitrogens is 3. The number of aryl methyl sites for hydroxylation is 1. The molecular formula is C42H35N3OSi. The Kier molecular flexibility index (Phi) is 3.52. The lowest BCUT2D eigenvalue weighted by Gasteiger charge is -2.34. The lowest BCUT2D eigenvalue weighted by atomic mass is 9.87. The van der Waals surface area contributed by atoms with Crippen molar-refractivity contribution in [2.45, 2.75) is 33.5 Å². The van der Waals surface area contributed by atoms with Gasteiger partial charge in [-0.05, 0) is 101 Å². The Morgan fingerprint density at radius 1 is 0.617 bits per heavy atom. The molecule has 8 aromatic rings. The number of benzene rings is 6. The van der Waals surface area contributed by atoms with Crippen molar-refractivity contribution >= 4 is 46.3 Å². The Bertz CT molecular complexity index is 3100. The minimum absolute atomic E-state index is 0.0124. The van der Waals surface area contributed by atoms with Gasteiger partial charge in [0.2, 0.25) is 5.78 Å². The van der Waals surface area contributed by atoms with Crippen molar-refractivity contribution in [3.05, 3.63) is 138 Å². The van der Waals surface area contributed by atoms with Gasteiger partial charge in [0.15, 0.2) is 0 Å². The van der Waals surface area contributed by atoms with Crippen LogP contribution in [0.3, 0.4) is 0 Å². The molecule has 0 amide bonds. The van der Waals surface area contributed by atoms with E-state index in [0.717, 1.165) is 11.0 Å². The second-order valence-electron chi connectivity index (χ2n) is 11.7. The van der Waals surface area contributed by atoms with Crippen LogP contribution < -0.4 is 15.1 Å². The normalized spacial score (nSPS) is 19.6. The fourth-order valence-electron chi connectivity index (χ4n) is 6.91. The summed E-state index contributed by atoms with van der Waals surface area (Å²) in [5.74, 6) is 0.0346. The number of fused-ring (bicyclic) bond motifs is 7. The van der Waals surface area contributed by atoms with Crippen LogP contribution in [-0.4, -0.2) is 22.0 Å². The van der Waals surface area contributed by atoms with E-state index in [1.807, 2.05) is 52.9 Å². The highest BCUT2D eigenvalue weighted by atomic mass is 28.3. The Hall–Kier alpha value is -5.39. The Balaban J connectivity index is 1.41. The minimum atomic E-state index is -4.92. The van der Waals surface area contributed by atoms with E-state index in [1.54, 1.807) is 22.8 Å². The third-order valence-electron chi connectivity index (χ3n) is 9.08. The molecule has 1 aliphatic rings. The summed E-state index contributed by atoms with van der Waals surface area (Å²) in [5, 5.41) is -0.200. The molecule has 5 heteroatoms. The van der Waals surface area contributed by atoms with Crippen molar-refractivity contribution in [2.24, 2.45) is 0 Å².